The van der Waals surface area contributed by atoms with Crippen molar-refractivity contribution in [2.75, 3.05) is 13.1 Å². The van der Waals surface area contributed by atoms with E-state index in [4.69, 9.17) is 4.74 Å². The SMILES string of the molecule is Cc1cc(C)c(C2C(=O)CC(CC3CCN(C(=O)OC(C)C)CC3)C2=O)c(C)c1. The predicted molar refractivity (Wildman–Crippen MR) is 112 cm³/mol. The Hall–Kier alpha value is -2.17. The van der Waals surface area contributed by atoms with E-state index in [0.717, 1.165) is 41.5 Å². The van der Waals surface area contributed by atoms with E-state index in [2.05, 4.69) is 12.1 Å². The Bertz CT molecular complexity index is 782. The van der Waals surface area contributed by atoms with Gasteiger partial charge in [-0.25, -0.2) is 4.79 Å². The first-order valence-corrected chi connectivity index (χ1v) is 10.8. The zero-order chi connectivity index (χ0) is 21.3. The number of ketones is 2. The molecule has 5 nitrogen and oxygen atoms in total. The highest BCUT2D eigenvalue weighted by Gasteiger charge is 2.44. The van der Waals surface area contributed by atoms with Gasteiger partial charge < -0.3 is 9.64 Å². The minimum atomic E-state index is -0.596. The second-order valence-corrected chi connectivity index (χ2v) is 9.11. The van der Waals surface area contributed by atoms with E-state index in [0.29, 0.717) is 25.4 Å². The lowest BCUT2D eigenvalue weighted by molar-refractivity contribution is -0.125. The number of aryl methyl sites for hydroxylation is 3. The standard InChI is InChI=1S/C24H33NO4/c1-14(2)29-24(28)25-8-6-18(7-9-25)12-19-13-20(26)22(23(19)27)21-16(4)10-15(3)11-17(21)5/h10-11,14,18-19,22H,6-9,12-13H2,1-5H3. The van der Waals surface area contributed by atoms with Crippen LogP contribution >= 0.6 is 0 Å². The minimum Gasteiger partial charge on any atom is -0.447 e. The van der Waals surface area contributed by atoms with E-state index in [1.54, 1.807) is 4.90 Å². The smallest absolute Gasteiger partial charge is 0.410 e. The zero-order valence-electron chi connectivity index (χ0n) is 18.3. The van der Waals surface area contributed by atoms with Crippen LogP contribution in [-0.2, 0) is 14.3 Å². The Balaban J connectivity index is 1.62. The Kier molecular flexibility index (Phi) is 6.45. The second-order valence-electron chi connectivity index (χ2n) is 9.11. The summed E-state index contributed by atoms with van der Waals surface area (Å²) in [6.45, 7) is 11.0. The van der Waals surface area contributed by atoms with Gasteiger partial charge in [0.15, 0.2) is 5.78 Å². The molecule has 0 aromatic heterocycles. The van der Waals surface area contributed by atoms with Crippen molar-refractivity contribution in [2.24, 2.45) is 11.8 Å². The monoisotopic (exact) mass is 399 g/mol. The molecule has 0 bridgehead atoms. The van der Waals surface area contributed by atoms with Crippen LogP contribution in [0.3, 0.4) is 0 Å². The molecule has 158 valence electrons. The molecule has 1 saturated carbocycles. The number of ether oxygens (including phenoxy) is 1. The minimum absolute atomic E-state index is 0.0630. The third kappa shape index (κ3) is 4.71. The maximum absolute atomic E-state index is 13.2. The van der Waals surface area contributed by atoms with Gasteiger partial charge in [-0.3, -0.25) is 9.59 Å². The van der Waals surface area contributed by atoms with Crippen molar-refractivity contribution in [3.8, 4) is 0 Å². The summed E-state index contributed by atoms with van der Waals surface area (Å²) in [6, 6.07) is 4.12. The summed E-state index contributed by atoms with van der Waals surface area (Å²) in [5.74, 6) is -0.257. The average Bonchev–Trinajstić information content (AvgIpc) is 2.89. The first-order valence-electron chi connectivity index (χ1n) is 10.8. The quantitative estimate of drug-likeness (QED) is 0.699. The van der Waals surface area contributed by atoms with Crippen molar-refractivity contribution in [2.45, 2.75) is 72.3 Å². The number of hydrogen-bond donors (Lipinski definition) is 0. The molecule has 5 heteroatoms. The summed E-state index contributed by atoms with van der Waals surface area (Å²) in [5, 5.41) is 0. The first kappa shape index (κ1) is 21.5. The number of rotatable bonds is 4. The maximum Gasteiger partial charge on any atom is 0.410 e. The van der Waals surface area contributed by atoms with Gasteiger partial charge in [-0.15, -0.1) is 0 Å². The number of carbonyl (C=O) groups is 3. The maximum atomic E-state index is 13.2. The molecule has 2 aliphatic rings. The highest BCUT2D eigenvalue weighted by atomic mass is 16.6. The highest BCUT2D eigenvalue weighted by molar-refractivity contribution is 6.15. The molecule has 1 heterocycles. The van der Waals surface area contributed by atoms with Crippen molar-refractivity contribution in [1.29, 1.82) is 0 Å². The predicted octanol–water partition coefficient (Wildman–Crippen LogP) is 4.50. The van der Waals surface area contributed by atoms with E-state index in [1.807, 2.05) is 34.6 Å². The molecular weight excluding hydrogens is 366 g/mol. The molecule has 29 heavy (non-hydrogen) atoms. The lowest BCUT2D eigenvalue weighted by Gasteiger charge is -2.32. The summed E-state index contributed by atoms with van der Waals surface area (Å²) < 4.78 is 5.27. The van der Waals surface area contributed by atoms with E-state index in [-0.39, 0.29) is 29.7 Å². The van der Waals surface area contributed by atoms with Crippen LogP contribution in [0, 0.1) is 32.6 Å². The van der Waals surface area contributed by atoms with Crippen molar-refractivity contribution in [3.05, 3.63) is 34.4 Å². The fourth-order valence-corrected chi connectivity index (χ4v) is 5.03. The second kappa shape index (κ2) is 8.68. The molecule has 0 radical (unpaired) electrons. The number of amides is 1. The van der Waals surface area contributed by atoms with Crippen LogP contribution < -0.4 is 0 Å². The molecule has 1 saturated heterocycles. The fraction of sp³-hybridized carbons (Fsp3) is 0.625. The van der Waals surface area contributed by atoms with Crippen LogP contribution in [0.4, 0.5) is 4.79 Å². The summed E-state index contributed by atoms with van der Waals surface area (Å²) in [7, 11) is 0. The van der Waals surface area contributed by atoms with Gasteiger partial charge >= 0.3 is 6.09 Å². The van der Waals surface area contributed by atoms with E-state index < -0.39 is 5.92 Å². The van der Waals surface area contributed by atoms with E-state index in [1.165, 1.54) is 0 Å². The molecule has 1 aromatic carbocycles. The highest BCUT2D eigenvalue weighted by Crippen LogP contribution is 2.39. The largest absolute Gasteiger partial charge is 0.447 e. The molecule has 1 aromatic rings. The summed E-state index contributed by atoms with van der Waals surface area (Å²) in [5.41, 5.74) is 4.14. The number of hydrogen-bond acceptors (Lipinski definition) is 4. The van der Waals surface area contributed by atoms with E-state index in [9.17, 15) is 14.4 Å². The van der Waals surface area contributed by atoms with Crippen molar-refractivity contribution >= 4 is 17.7 Å². The van der Waals surface area contributed by atoms with Gasteiger partial charge in [-0.2, -0.15) is 0 Å². The summed E-state index contributed by atoms with van der Waals surface area (Å²) in [6.07, 6.45) is 2.45. The number of Topliss-reactive ketones (excluding diaryl/α,β-unsaturated/α-hetero) is 2. The molecule has 0 spiro atoms. The summed E-state index contributed by atoms with van der Waals surface area (Å²) in [4.78, 5) is 39.7. The molecule has 3 rings (SSSR count). The van der Waals surface area contributed by atoms with Crippen molar-refractivity contribution in [3.63, 3.8) is 0 Å². The molecule has 2 unspecified atom stereocenters. The Morgan fingerprint density at radius 1 is 1.10 bits per heavy atom. The third-order valence-electron chi connectivity index (χ3n) is 6.31. The third-order valence-corrected chi connectivity index (χ3v) is 6.31. The van der Waals surface area contributed by atoms with Crippen molar-refractivity contribution < 1.29 is 19.1 Å². The van der Waals surface area contributed by atoms with Gasteiger partial charge in [0.25, 0.3) is 0 Å². The molecule has 0 N–H and O–H groups in total. The van der Waals surface area contributed by atoms with Crippen LogP contribution in [-0.4, -0.2) is 41.8 Å². The normalized spacial score (nSPS) is 23.2. The van der Waals surface area contributed by atoms with Crippen LogP contribution in [0.5, 0.6) is 0 Å². The number of piperidine rings is 1. The summed E-state index contributed by atoms with van der Waals surface area (Å²) >= 11 is 0. The topological polar surface area (TPSA) is 63.7 Å². The molecule has 1 aliphatic carbocycles. The van der Waals surface area contributed by atoms with Crippen LogP contribution in [0.1, 0.15) is 67.7 Å². The Morgan fingerprint density at radius 2 is 1.69 bits per heavy atom. The van der Waals surface area contributed by atoms with Gasteiger partial charge in [-0.05, 0) is 76.5 Å². The fourth-order valence-electron chi connectivity index (χ4n) is 5.03. The Labute approximate surface area is 173 Å². The van der Waals surface area contributed by atoms with Gasteiger partial charge in [0.2, 0.25) is 0 Å². The molecule has 2 fully saturated rings. The lowest BCUT2D eigenvalue weighted by Crippen LogP contribution is -2.40. The van der Waals surface area contributed by atoms with E-state index >= 15 is 0 Å². The molecular formula is C24H33NO4. The zero-order valence-corrected chi connectivity index (χ0v) is 18.3. The number of likely N-dealkylation sites (tertiary alicyclic amines) is 1. The number of nitrogens with zero attached hydrogens (tertiary/aromatic N) is 1. The molecule has 1 amide bonds. The lowest BCUT2D eigenvalue weighted by atomic mass is 9.83. The number of carbonyl (C=O) groups excluding carboxylic acids is 3. The van der Waals surface area contributed by atoms with Gasteiger partial charge in [0.1, 0.15) is 11.7 Å². The molecule has 1 aliphatic heterocycles. The Morgan fingerprint density at radius 3 is 2.24 bits per heavy atom. The number of benzene rings is 1. The first-order chi connectivity index (χ1) is 13.7. The van der Waals surface area contributed by atoms with Gasteiger partial charge in [0.05, 0.1) is 6.10 Å². The van der Waals surface area contributed by atoms with Crippen LogP contribution in [0.15, 0.2) is 12.1 Å². The van der Waals surface area contributed by atoms with Crippen molar-refractivity contribution in [1.82, 2.24) is 4.90 Å². The average molecular weight is 400 g/mol. The van der Waals surface area contributed by atoms with Crippen LogP contribution in [0.25, 0.3) is 0 Å². The molecule has 2 atom stereocenters. The van der Waals surface area contributed by atoms with Gasteiger partial charge in [-0.1, -0.05) is 17.7 Å². The van der Waals surface area contributed by atoms with Crippen LogP contribution in [0.2, 0.25) is 0 Å². The van der Waals surface area contributed by atoms with Gasteiger partial charge in [0, 0.05) is 25.4 Å².